The van der Waals surface area contributed by atoms with Crippen LogP contribution in [0.1, 0.15) is 31.2 Å². The third-order valence-corrected chi connectivity index (χ3v) is 4.73. The molecule has 0 saturated heterocycles. The predicted molar refractivity (Wildman–Crippen MR) is 98.3 cm³/mol. The molecular formula is C19H24N4O2. The Balaban J connectivity index is 1.70. The van der Waals surface area contributed by atoms with Gasteiger partial charge >= 0.3 is 0 Å². The second-order valence-corrected chi connectivity index (χ2v) is 6.37. The summed E-state index contributed by atoms with van der Waals surface area (Å²) in [7, 11) is 1.64. The van der Waals surface area contributed by atoms with Crippen LogP contribution in [0, 0.1) is 0 Å². The van der Waals surface area contributed by atoms with Crippen molar-refractivity contribution in [2.75, 3.05) is 18.2 Å². The van der Waals surface area contributed by atoms with Crippen molar-refractivity contribution in [3.63, 3.8) is 0 Å². The Morgan fingerprint density at radius 2 is 1.96 bits per heavy atom. The van der Waals surface area contributed by atoms with Gasteiger partial charge in [-0.05, 0) is 43.2 Å². The highest BCUT2D eigenvalue weighted by atomic mass is 16.5. The Labute approximate surface area is 147 Å². The van der Waals surface area contributed by atoms with Crippen molar-refractivity contribution in [3.8, 4) is 5.75 Å². The Morgan fingerprint density at radius 3 is 2.60 bits per heavy atom. The van der Waals surface area contributed by atoms with Gasteiger partial charge in [-0.25, -0.2) is 4.98 Å². The first kappa shape index (κ1) is 17.1. The van der Waals surface area contributed by atoms with Gasteiger partial charge in [0.1, 0.15) is 17.1 Å². The number of carbonyl (C=O) groups excluding carboxylic acids is 1. The SMILES string of the molecule is COc1ccc(NC2(C(=O)NCc3cccnc3N)CCCC2)cc1. The molecule has 0 unspecified atom stereocenters. The normalized spacial score (nSPS) is 15.6. The number of aromatic nitrogens is 1. The summed E-state index contributed by atoms with van der Waals surface area (Å²) in [5.41, 5.74) is 7.02. The number of amides is 1. The summed E-state index contributed by atoms with van der Waals surface area (Å²) in [5, 5.41) is 6.46. The number of rotatable bonds is 6. The zero-order valence-corrected chi connectivity index (χ0v) is 14.4. The summed E-state index contributed by atoms with van der Waals surface area (Å²) in [6, 6.07) is 11.3. The first-order valence-electron chi connectivity index (χ1n) is 8.53. The van der Waals surface area contributed by atoms with Crippen LogP contribution in [-0.4, -0.2) is 23.5 Å². The molecule has 4 N–H and O–H groups in total. The number of pyridine rings is 1. The first-order valence-corrected chi connectivity index (χ1v) is 8.53. The predicted octanol–water partition coefficient (Wildman–Crippen LogP) is 2.71. The summed E-state index contributed by atoms with van der Waals surface area (Å²) >= 11 is 0. The summed E-state index contributed by atoms with van der Waals surface area (Å²) < 4.78 is 5.19. The molecular weight excluding hydrogens is 316 g/mol. The van der Waals surface area contributed by atoms with E-state index >= 15 is 0 Å². The van der Waals surface area contributed by atoms with Gasteiger partial charge in [0.25, 0.3) is 0 Å². The molecule has 0 radical (unpaired) electrons. The third-order valence-electron chi connectivity index (χ3n) is 4.73. The van der Waals surface area contributed by atoms with E-state index in [1.54, 1.807) is 13.3 Å². The van der Waals surface area contributed by atoms with Crippen LogP contribution in [0.25, 0.3) is 0 Å². The van der Waals surface area contributed by atoms with Gasteiger partial charge in [-0.15, -0.1) is 0 Å². The van der Waals surface area contributed by atoms with E-state index in [1.807, 2.05) is 36.4 Å². The molecule has 0 bridgehead atoms. The van der Waals surface area contributed by atoms with E-state index in [0.717, 1.165) is 42.7 Å². The lowest BCUT2D eigenvalue weighted by molar-refractivity contribution is -0.125. The molecule has 6 heteroatoms. The molecule has 1 aliphatic rings. The molecule has 2 aromatic rings. The van der Waals surface area contributed by atoms with Crippen LogP contribution in [0.2, 0.25) is 0 Å². The van der Waals surface area contributed by atoms with Crippen molar-refractivity contribution < 1.29 is 9.53 Å². The van der Waals surface area contributed by atoms with Gasteiger partial charge in [-0.2, -0.15) is 0 Å². The van der Waals surface area contributed by atoms with E-state index in [2.05, 4.69) is 15.6 Å². The van der Waals surface area contributed by atoms with Crippen LogP contribution >= 0.6 is 0 Å². The molecule has 3 rings (SSSR count). The van der Waals surface area contributed by atoms with Gasteiger partial charge in [-0.3, -0.25) is 4.79 Å². The number of benzene rings is 1. The summed E-state index contributed by atoms with van der Waals surface area (Å²) in [6.07, 6.45) is 5.34. The van der Waals surface area contributed by atoms with E-state index < -0.39 is 5.54 Å². The standard InChI is InChI=1S/C19H24N4O2/c1-25-16-8-6-15(7-9-16)23-19(10-2-3-11-19)18(24)22-13-14-5-4-12-21-17(14)20/h4-9,12,23H,2-3,10-11,13H2,1H3,(H2,20,21)(H,22,24). The van der Waals surface area contributed by atoms with Crippen LogP contribution < -0.4 is 21.1 Å². The maximum atomic E-state index is 12.9. The van der Waals surface area contributed by atoms with Crippen molar-refractivity contribution in [1.82, 2.24) is 10.3 Å². The lowest BCUT2D eigenvalue weighted by Gasteiger charge is -2.30. The molecule has 1 aromatic carbocycles. The monoisotopic (exact) mass is 340 g/mol. The maximum Gasteiger partial charge on any atom is 0.245 e. The topological polar surface area (TPSA) is 89.3 Å². The number of methoxy groups -OCH3 is 1. The molecule has 1 saturated carbocycles. The number of nitrogen functional groups attached to an aromatic ring is 1. The quantitative estimate of drug-likeness (QED) is 0.752. The highest BCUT2D eigenvalue weighted by Crippen LogP contribution is 2.34. The number of ether oxygens (including phenoxy) is 1. The van der Waals surface area contributed by atoms with Gasteiger partial charge in [0.05, 0.1) is 7.11 Å². The lowest BCUT2D eigenvalue weighted by atomic mass is 9.95. The Morgan fingerprint density at radius 1 is 1.24 bits per heavy atom. The zero-order chi connectivity index (χ0) is 17.7. The number of anilines is 2. The molecule has 1 heterocycles. The van der Waals surface area contributed by atoms with Crippen LogP contribution in [0.4, 0.5) is 11.5 Å². The fourth-order valence-corrected chi connectivity index (χ4v) is 3.28. The second-order valence-electron chi connectivity index (χ2n) is 6.37. The Hall–Kier alpha value is -2.76. The lowest BCUT2D eigenvalue weighted by Crippen LogP contribution is -2.50. The van der Waals surface area contributed by atoms with E-state index in [9.17, 15) is 4.79 Å². The van der Waals surface area contributed by atoms with Crippen molar-refractivity contribution in [2.45, 2.75) is 37.8 Å². The number of hydrogen-bond acceptors (Lipinski definition) is 5. The smallest absolute Gasteiger partial charge is 0.245 e. The fraction of sp³-hybridized carbons (Fsp3) is 0.368. The fourth-order valence-electron chi connectivity index (χ4n) is 3.28. The molecule has 25 heavy (non-hydrogen) atoms. The van der Waals surface area contributed by atoms with Gasteiger partial charge in [-0.1, -0.05) is 18.9 Å². The summed E-state index contributed by atoms with van der Waals surface area (Å²) in [6.45, 7) is 0.380. The molecule has 1 amide bonds. The number of carbonyl (C=O) groups is 1. The van der Waals surface area contributed by atoms with Gasteiger partial charge < -0.3 is 21.1 Å². The third kappa shape index (κ3) is 3.84. The zero-order valence-electron chi connectivity index (χ0n) is 14.4. The molecule has 0 spiro atoms. The minimum absolute atomic E-state index is 0.00377. The molecule has 1 aliphatic carbocycles. The van der Waals surface area contributed by atoms with Crippen molar-refractivity contribution in [2.24, 2.45) is 0 Å². The molecule has 1 fully saturated rings. The van der Waals surface area contributed by atoms with Gasteiger partial charge in [0.2, 0.25) is 5.91 Å². The van der Waals surface area contributed by atoms with E-state index in [4.69, 9.17) is 10.5 Å². The Bertz CT molecular complexity index is 724. The van der Waals surface area contributed by atoms with E-state index in [-0.39, 0.29) is 5.91 Å². The van der Waals surface area contributed by atoms with Crippen molar-refractivity contribution in [3.05, 3.63) is 48.2 Å². The number of nitrogens with zero attached hydrogens (tertiary/aromatic N) is 1. The van der Waals surface area contributed by atoms with Crippen LogP contribution in [0.5, 0.6) is 5.75 Å². The number of nitrogens with one attached hydrogen (secondary N) is 2. The molecule has 132 valence electrons. The molecule has 0 atom stereocenters. The van der Waals surface area contributed by atoms with E-state index in [1.165, 1.54) is 0 Å². The molecule has 6 nitrogen and oxygen atoms in total. The summed E-state index contributed by atoms with van der Waals surface area (Å²) in [4.78, 5) is 17.0. The highest BCUT2D eigenvalue weighted by molar-refractivity contribution is 5.89. The summed E-state index contributed by atoms with van der Waals surface area (Å²) in [5.74, 6) is 1.25. The molecule has 1 aromatic heterocycles. The minimum atomic E-state index is -0.578. The highest BCUT2D eigenvalue weighted by Gasteiger charge is 2.41. The van der Waals surface area contributed by atoms with Crippen molar-refractivity contribution >= 4 is 17.4 Å². The van der Waals surface area contributed by atoms with Gasteiger partial charge in [0.15, 0.2) is 0 Å². The second kappa shape index (κ2) is 7.42. The van der Waals surface area contributed by atoms with Crippen molar-refractivity contribution in [1.29, 1.82) is 0 Å². The van der Waals surface area contributed by atoms with Crippen LogP contribution in [0.3, 0.4) is 0 Å². The number of hydrogen-bond donors (Lipinski definition) is 3. The molecule has 0 aliphatic heterocycles. The van der Waals surface area contributed by atoms with Crippen LogP contribution in [0.15, 0.2) is 42.6 Å². The largest absolute Gasteiger partial charge is 0.497 e. The van der Waals surface area contributed by atoms with Crippen LogP contribution in [-0.2, 0) is 11.3 Å². The number of nitrogens with two attached hydrogens (primary N) is 1. The minimum Gasteiger partial charge on any atom is -0.497 e. The Kier molecular flexibility index (Phi) is 5.07. The average molecular weight is 340 g/mol. The van der Waals surface area contributed by atoms with E-state index in [0.29, 0.717) is 12.4 Å². The average Bonchev–Trinajstić information content (AvgIpc) is 3.11. The van der Waals surface area contributed by atoms with Gasteiger partial charge in [0, 0.05) is 24.0 Å². The maximum absolute atomic E-state index is 12.9. The first-order chi connectivity index (χ1) is 12.1.